The maximum absolute atomic E-state index is 13.2. The van der Waals surface area contributed by atoms with Gasteiger partial charge in [-0.3, -0.25) is 18.7 Å². The van der Waals surface area contributed by atoms with Crippen LogP contribution in [0.25, 0.3) is 11.2 Å². The van der Waals surface area contributed by atoms with E-state index in [9.17, 15) is 14.4 Å². The van der Waals surface area contributed by atoms with E-state index < -0.39 is 5.69 Å². The Morgan fingerprint density at radius 1 is 1.16 bits per heavy atom. The molecule has 0 radical (unpaired) electrons. The van der Waals surface area contributed by atoms with Crippen LogP contribution in [0.1, 0.15) is 34.2 Å². The van der Waals surface area contributed by atoms with Crippen molar-refractivity contribution in [3.8, 4) is 0 Å². The number of imidazole rings is 1. The Labute approximate surface area is 192 Å². The molecule has 0 spiro atoms. The summed E-state index contributed by atoms with van der Waals surface area (Å²) in [5.74, 6) is 0.116. The standard InChI is InChI=1S/C22H23N5O3S2/c1-24-20-19(21(29)25(2)22(24)30)26(13-23-20)9-3-6-17(28)27-10-7-15-14(8-12-32-15)18(27)16-5-4-11-31-16/h4-5,8,11-13,18H,3,6-7,9-10H2,1-2H3/t18-/m0/s1. The second-order valence-corrected chi connectivity index (χ2v) is 9.95. The van der Waals surface area contributed by atoms with Gasteiger partial charge in [0, 0.05) is 43.4 Å². The Balaban J connectivity index is 1.35. The lowest BCUT2D eigenvalue weighted by atomic mass is 9.98. The van der Waals surface area contributed by atoms with Crippen LogP contribution >= 0.6 is 22.7 Å². The number of carbonyl (C=O) groups is 1. The van der Waals surface area contributed by atoms with Gasteiger partial charge in [0.15, 0.2) is 11.2 Å². The Morgan fingerprint density at radius 2 is 2.00 bits per heavy atom. The van der Waals surface area contributed by atoms with E-state index >= 15 is 0 Å². The average Bonchev–Trinajstić information content (AvgIpc) is 3.56. The first-order valence-electron chi connectivity index (χ1n) is 10.5. The zero-order valence-corrected chi connectivity index (χ0v) is 19.5. The van der Waals surface area contributed by atoms with Crippen molar-refractivity contribution in [2.75, 3.05) is 6.54 Å². The maximum atomic E-state index is 13.2. The minimum atomic E-state index is -0.402. The van der Waals surface area contributed by atoms with E-state index in [-0.39, 0.29) is 17.5 Å². The minimum Gasteiger partial charge on any atom is -0.330 e. The van der Waals surface area contributed by atoms with Crippen LogP contribution in [0.3, 0.4) is 0 Å². The zero-order chi connectivity index (χ0) is 22.4. The van der Waals surface area contributed by atoms with Crippen molar-refractivity contribution in [1.82, 2.24) is 23.6 Å². The van der Waals surface area contributed by atoms with E-state index in [1.54, 1.807) is 40.6 Å². The molecule has 0 aromatic carbocycles. The van der Waals surface area contributed by atoms with Crippen LogP contribution in [0.2, 0.25) is 0 Å². The number of aryl methyl sites for hydroxylation is 2. The number of fused-ring (bicyclic) bond motifs is 2. The van der Waals surface area contributed by atoms with E-state index in [4.69, 9.17) is 0 Å². The first-order valence-corrected chi connectivity index (χ1v) is 12.2. The van der Waals surface area contributed by atoms with Gasteiger partial charge in [-0.25, -0.2) is 9.78 Å². The molecule has 5 heterocycles. The van der Waals surface area contributed by atoms with E-state index in [0.29, 0.717) is 37.1 Å². The number of nitrogens with zero attached hydrogens (tertiary/aromatic N) is 5. The van der Waals surface area contributed by atoms with Gasteiger partial charge in [-0.1, -0.05) is 6.07 Å². The number of amides is 1. The third-order valence-electron chi connectivity index (χ3n) is 6.11. The van der Waals surface area contributed by atoms with Gasteiger partial charge in [-0.05, 0) is 41.3 Å². The Morgan fingerprint density at radius 3 is 2.78 bits per heavy atom. The van der Waals surface area contributed by atoms with Crippen molar-refractivity contribution >= 4 is 39.7 Å². The highest BCUT2D eigenvalue weighted by Gasteiger charge is 2.33. The van der Waals surface area contributed by atoms with Gasteiger partial charge in [0.05, 0.1) is 12.4 Å². The Bertz CT molecular complexity index is 1410. The molecule has 0 aliphatic carbocycles. The molecule has 10 heteroatoms. The summed E-state index contributed by atoms with van der Waals surface area (Å²) in [7, 11) is 3.06. The molecule has 1 amide bonds. The molecule has 32 heavy (non-hydrogen) atoms. The second kappa shape index (κ2) is 8.18. The summed E-state index contributed by atoms with van der Waals surface area (Å²) in [6.07, 6.45) is 3.42. The van der Waals surface area contributed by atoms with Crippen molar-refractivity contribution in [1.29, 1.82) is 0 Å². The zero-order valence-electron chi connectivity index (χ0n) is 17.9. The summed E-state index contributed by atoms with van der Waals surface area (Å²) < 4.78 is 4.20. The molecule has 0 unspecified atom stereocenters. The van der Waals surface area contributed by atoms with Crippen LogP contribution in [0.15, 0.2) is 44.9 Å². The monoisotopic (exact) mass is 469 g/mol. The lowest BCUT2D eigenvalue weighted by molar-refractivity contribution is -0.133. The normalized spacial score (nSPS) is 15.9. The molecular weight excluding hydrogens is 446 g/mol. The summed E-state index contributed by atoms with van der Waals surface area (Å²) >= 11 is 3.44. The largest absolute Gasteiger partial charge is 0.332 e. The van der Waals surface area contributed by atoms with E-state index in [0.717, 1.165) is 11.0 Å². The smallest absolute Gasteiger partial charge is 0.330 e. The average molecular weight is 470 g/mol. The van der Waals surface area contributed by atoms with Gasteiger partial charge in [0.25, 0.3) is 5.56 Å². The Kier molecular flexibility index (Phi) is 5.34. The second-order valence-electron chi connectivity index (χ2n) is 7.97. The molecule has 0 bridgehead atoms. The highest BCUT2D eigenvalue weighted by Crippen LogP contribution is 2.39. The molecule has 0 saturated carbocycles. The summed E-state index contributed by atoms with van der Waals surface area (Å²) in [6.45, 7) is 1.20. The van der Waals surface area contributed by atoms with E-state index in [2.05, 4.69) is 27.9 Å². The fourth-order valence-electron chi connectivity index (χ4n) is 4.45. The lowest BCUT2D eigenvalue weighted by Gasteiger charge is -2.35. The van der Waals surface area contributed by atoms with Gasteiger partial charge in [0.2, 0.25) is 5.91 Å². The van der Waals surface area contributed by atoms with Crippen LogP contribution in [-0.4, -0.2) is 36.0 Å². The van der Waals surface area contributed by atoms with Crippen molar-refractivity contribution in [3.05, 3.63) is 71.4 Å². The molecule has 1 aliphatic rings. The van der Waals surface area contributed by atoms with Crippen LogP contribution in [0.5, 0.6) is 0 Å². The summed E-state index contributed by atoms with van der Waals surface area (Å²) in [6, 6.07) is 6.25. The third-order valence-corrected chi connectivity index (χ3v) is 8.03. The highest BCUT2D eigenvalue weighted by molar-refractivity contribution is 7.10. The molecule has 0 fully saturated rings. The first kappa shape index (κ1) is 20.9. The minimum absolute atomic E-state index is 0.0200. The van der Waals surface area contributed by atoms with Crippen LogP contribution in [0, 0.1) is 0 Å². The predicted molar refractivity (Wildman–Crippen MR) is 125 cm³/mol. The predicted octanol–water partition coefficient (Wildman–Crippen LogP) is 2.51. The summed E-state index contributed by atoms with van der Waals surface area (Å²) in [4.78, 5) is 46.8. The highest BCUT2D eigenvalue weighted by atomic mass is 32.1. The number of aromatic nitrogens is 4. The number of carbonyl (C=O) groups excluding carboxylic acids is 1. The van der Waals surface area contributed by atoms with Crippen molar-refractivity contribution in [3.63, 3.8) is 0 Å². The van der Waals surface area contributed by atoms with Gasteiger partial charge < -0.3 is 9.47 Å². The van der Waals surface area contributed by atoms with Crippen molar-refractivity contribution in [2.45, 2.75) is 31.8 Å². The quantitative estimate of drug-likeness (QED) is 0.450. The number of hydrogen-bond donors (Lipinski definition) is 0. The fraction of sp³-hybridized carbons (Fsp3) is 0.364. The number of hydrogen-bond acceptors (Lipinski definition) is 6. The summed E-state index contributed by atoms with van der Waals surface area (Å²) in [5, 5.41) is 4.16. The SMILES string of the molecule is Cn1c(=O)c2c(ncn2CCCC(=O)N2CCc3sccc3[C@H]2c2cccs2)n(C)c1=O. The van der Waals surface area contributed by atoms with Crippen LogP contribution in [0.4, 0.5) is 0 Å². The first-order chi connectivity index (χ1) is 15.5. The van der Waals surface area contributed by atoms with Gasteiger partial charge in [-0.2, -0.15) is 0 Å². The molecule has 5 rings (SSSR count). The molecule has 4 aromatic rings. The summed E-state index contributed by atoms with van der Waals surface area (Å²) in [5.41, 5.74) is 1.22. The number of thiophene rings is 2. The molecule has 0 saturated heterocycles. The van der Waals surface area contributed by atoms with Crippen molar-refractivity contribution in [2.24, 2.45) is 14.1 Å². The lowest BCUT2D eigenvalue weighted by Crippen LogP contribution is -2.39. The Hall–Kier alpha value is -2.98. The molecule has 1 aliphatic heterocycles. The molecule has 0 N–H and O–H groups in total. The molecule has 8 nitrogen and oxygen atoms in total. The molecule has 4 aromatic heterocycles. The van der Waals surface area contributed by atoms with Gasteiger partial charge >= 0.3 is 5.69 Å². The van der Waals surface area contributed by atoms with E-state index in [1.807, 2.05) is 11.0 Å². The van der Waals surface area contributed by atoms with Crippen LogP contribution < -0.4 is 11.2 Å². The van der Waals surface area contributed by atoms with Gasteiger partial charge in [-0.15, -0.1) is 22.7 Å². The third kappa shape index (κ3) is 3.34. The molecular formula is C22H23N5O3S2. The molecule has 166 valence electrons. The van der Waals surface area contributed by atoms with Gasteiger partial charge in [0.1, 0.15) is 0 Å². The van der Waals surface area contributed by atoms with Crippen LogP contribution in [-0.2, 0) is 31.9 Å². The molecule has 1 atom stereocenters. The van der Waals surface area contributed by atoms with E-state index in [1.165, 1.54) is 26.9 Å². The topological polar surface area (TPSA) is 82.1 Å². The number of rotatable bonds is 5. The van der Waals surface area contributed by atoms with Crippen molar-refractivity contribution < 1.29 is 4.79 Å². The fourth-order valence-corrected chi connectivity index (χ4v) is 6.21. The maximum Gasteiger partial charge on any atom is 0.332 e.